The first kappa shape index (κ1) is 16.3. The number of benzene rings is 1. The lowest BCUT2D eigenvalue weighted by Crippen LogP contribution is -2.15. The quantitative estimate of drug-likeness (QED) is 0.598. The van der Waals surface area contributed by atoms with Gasteiger partial charge < -0.3 is 9.64 Å². The van der Waals surface area contributed by atoms with Gasteiger partial charge in [-0.3, -0.25) is 0 Å². The molecule has 0 aromatic heterocycles. The van der Waals surface area contributed by atoms with Gasteiger partial charge in [0.25, 0.3) is 9.05 Å². The van der Waals surface area contributed by atoms with Crippen molar-refractivity contribution in [3.63, 3.8) is 0 Å². The Morgan fingerprint density at radius 1 is 1.21 bits per heavy atom. The van der Waals surface area contributed by atoms with E-state index in [-0.39, 0.29) is 4.90 Å². The van der Waals surface area contributed by atoms with Crippen molar-refractivity contribution in [2.24, 2.45) is 0 Å². The molecule has 1 rings (SSSR count). The summed E-state index contributed by atoms with van der Waals surface area (Å²) in [7, 11) is 5.67. The summed E-state index contributed by atoms with van der Waals surface area (Å²) in [5, 5.41) is 0. The van der Waals surface area contributed by atoms with Gasteiger partial charge in [0.2, 0.25) is 0 Å². The van der Waals surface area contributed by atoms with Crippen molar-refractivity contribution >= 4 is 19.7 Å². The van der Waals surface area contributed by atoms with E-state index >= 15 is 0 Å². The van der Waals surface area contributed by atoms with Crippen molar-refractivity contribution in [3.05, 3.63) is 23.3 Å². The lowest BCUT2D eigenvalue weighted by atomic mass is 10.1. The predicted molar refractivity (Wildman–Crippen MR) is 77.6 cm³/mol. The molecule has 0 atom stereocenters. The van der Waals surface area contributed by atoms with Crippen molar-refractivity contribution in [2.45, 2.75) is 25.2 Å². The van der Waals surface area contributed by atoms with Crippen LogP contribution in [0.4, 0.5) is 0 Å². The number of halogens is 1. The van der Waals surface area contributed by atoms with Crippen LogP contribution in [0.3, 0.4) is 0 Å². The summed E-state index contributed by atoms with van der Waals surface area (Å²) < 4.78 is 28.3. The highest BCUT2D eigenvalue weighted by Crippen LogP contribution is 2.28. The van der Waals surface area contributed by atoms with E-state index in [0.717, 1.165) is 29.8 Å². The minimum atomic E-state index is -3.69. The van der Waals surface area contributed by atoms with E-state index in [1.165, 1.54) is 12.1 Å². The maximum Gasteiger partial charge on any atom is 0.261 e. The van der Waals surface area contributed by atoms with Crippen molar-refractivity contribution in [1.82, 2.24) is 4.90 Å². The molecule has 19 heavy (non-hydrogen) atoms. The number of rotatable bonds is 6. The Hall–Kier alpha value is -0.780. The van der Waals surface area contributed by atoms with E-state index in [1.807, 2.05) is 27.9 Å². The molecule has 1 aromatic rings. The first-order valence-electron chi connectivity index (χ1n) is 6.05. The van der Waals surface area contributed by atoms with E-state index < -0.39 is 9.05 Å². The molecule has 0 N–H and O–H groups in total. The average Bonchev–Trinajstić information content (AvgIpc) is 2.25. The summed E-state index contributed by atoms with van der Waals surface area (Å²) in [5.41, 5.74) is 1.56. The Bertz CT molecular complexity index is 518. The first-order chi connectivity index (χ1) is 8.71. The van der Waals surface area contributed by atoms with Crippen LogP contribution in [-0.2, 0) is 9.05 Å². The molecule has 0 saturated carbocycles. The second-order valence-corrected chi connectivity index (χ2v) is 7.40. The third kappa shape index (κ3) is 5.01. The molecule has 0 fully saturated rings. The molecule has 108 valence electrons. The highest BCUT2D eigenvalue weighted by molar-refractivity contribution is 8.13. The fourth-order valence-corrected chi connectivity index (χ4v) is 2.74. The molecular formula is C13H20ClNO3S. The topological polar surface area (TPSA) is 46.6 Å². The molecule has 0 aliphatic carbocycles. The van der Waals surface area contributed by atoms with Crippen LogP contribution in [0.5, 0.6) is 5.75 Å². The van der Waals surface area contributed by atoms with E-state index in [4.69, 9.17) is 15.4 Å². The maximum atomic E-state index is 11.3. The lowest BCUT2D eigenvalue weighted by molar-refractivity contribution is 0.278. The zero-order valence-electron chi connectivity index (χ0n) is 11.7. The summed E-state index contributed by atoms with van der Waals surface area (Å²) >= 11 is 0. The molecule has 6 heteroatoms. The van der Waals surface area contributed by atoms with Gasteiger partial charge in [0.05, 0.1) is 11.5 Å². The van der Waals surface area contributed by atoms with Crippen LogP contribution >= 0.6 is 10.7 Å². The number of hydrogen-bond donors (Lipinski definition) is 0. The van der Waals surface area contributed by atoms with E-state index in [1.54, 1.807) is 0 Å². The maximum absolute atomic E-state index is 11.3. The summed E-state index contributed by atoms with van der Waals surface area (Å²) in [6.07, 6.45) is 0.918. The Morgan fingerprint density at radius 3 is 2.16 bits per heavy atom. The molecule has 0 aliphatic rings. The van der Waals surface area contributed by atoms with Crippen LogP contribution in [0.2, 0.25) is 0 Å². The molecule has 0 spiro atoms. The second-order valence-electron chi connectivity index (χ2n) is 4.83. The number of aryl methyl sites for hydroxylation is 2. The monoisotopic (exact) mass is 305 g/mol. The van der Waals surface area contributed by atoms with Crippen LogP contribution in [0, 0.1) is 13.8 Å². The van der Waals surface area contributed by atoms with Gasteiger partial charge in [-0.25, -0.2) is 8.42 Å². The highest BCUT2D eigenvalue weighted by Gasteiger charge is 2.14. The average molecular weight is 306 g/mol. The molecule has 0 amide bonds. The number of nitrogens with zero attached hydrogens (tertiary/aromatic N) is 1. The van der Waals surface area contributed by atoms with Gasteiger partial charge in [-0.15, -0.1) is 0 Å². The van der Waals surface area contributed by atoms with Crippen LogP contribution in [0.1, 0.15) is 17.5 Å². The summed E-state index contributed by atoms with van der Waals surface area (Å²) in [4.78, 5) is 2.21. The molecule has 0 bridgehead atoms. The molecule has 0 saturated heterocycles. The first-order valence-corrected chi connectivity index (χ1v) is 8.36. The van der Waals surface area contributed by atoms with Gasteiger partial charge in [0, 0.05) is 17.2 Å². The normalized spacial score (nSPS) is 11.9. The lowest BCUT2D eigenvalue weighted by Gasteiger charge is -2.14. The molecule has 0 heterocycles. The Balaban J connectivity index is 2.81. The van der Waals surface area contributed by atoms with Gasteiger partial charge in [-0.05, 0) is 57.6 Å². The van der Waals surface area contributed by atoms with Crippen molar-refractivity contribution in [2.75, 3.05) is 27.2 Å². The Labute approximate surface area is 119 Å². The zero-order chi connectivity index (χ0) is 14.6. The van der Waals surface area contributed by atoms with E-state index in [0.29, 0.717) is 6.61 Å². The van der Waals surface area contributed by atoms with Crippen molar-refractivity contribution < 1.29 is 13.2 Å². The van der Waals surface area contributed by atoms with E-state index in [9.17, 15) is 8.42 Å². The van der Waals surface area contributed by atoms with Crippen molar-refractivity contribution in [1.29, 1.82) is 0 Å². The zero-order valence-corrected chi connectivity index (χ0v) is 13.3. The fourth-order valence-electron chi connectivity index (χ4n) is 1.83. The molecule has 0 unspecified atom stereocenters. The smallest absolute Gasteiger partial charge is 0.261 e. The minimum Gasteiger partial charge on any atom is -0.493 e. The third-order valence-electron chi connectivity index (χ3n) is 2.71. The predicted octanol–water partition coefficient (Wildman–Crippen LogP) is 2.56. The van der Waals surface area contributed by atoms with Crippen LogP contribution < -0.4 is 4.74 Å². The van der Waals surface area contributed by atoms with Gasteiger partial charge in [0.15, 0.2) is 0 Å². The van der Waals surface area contributed by atoms with Crippen LogP contribution in [-0.4, -0.2) is 40.6 Å². The van der Waals surface area contributed by atoms with Crippen LogP contribution in [0.25, 0.3) is 0 Å². The van der Waals surface area contributed by atoms with Crippen LogP contribution in [0.15, 0.2) is 17.0 Å². The Kier molecular flexibility index (Phi) is 5.64. The molecule has 0 radical (unpaired) electrons. The summed E-state index contributed by atoms with van der Waals surface area (Å²) in [6.45, 7) is 5.19. The SMILES string of the molecule is Cc1cc(S(=O)(=O)Cl)cc(C)c1OCCCN(C)C. The molecule has 4 nitrogen and oxygen atoms in total. The van der Waals surface area contributed by atoms with Gasteiger partial charge in [0.1, 0.15) is 5.75 Å². The fraction of sp³-hybridized carbons (Fsp3) is 0.538. The molecular weight excluding hydrogens is 286 g/mol. The standard InChI is InChI=1S/C13H20ClNO3S/c1-10-8-12(19(14,16)17)9-11(2)13(10)18-7-5-6-15(3)4/h8-9H,5-7H2,1-4H3. The van der Waals surface area contributed by atoms with Gasteiger partial charge in [-0.2, -0.15) is 0 Å². The summed E-state index contributed by atoms with van der Waals surface area (Å²) in [6, 6.07) is 3.08. The molecule has 1 aromatic carbocycles. The number of hydrogen-bond acceptors (Lipinski definition) is 4. The summed E-state index contributed by atoms with van der Waals surface area (Å²) in [5.74, 6) is 0.739. The Morgan fingerprint density at radius 2 is 1.74 bits per heavy atom. The highest BCUT2D eigenvalue weighted by atomic mass is 35.7. The number of ether oxygens (including phenoxy) is 1. The third-order valence-corrected chi connectivity index (χ3v) is 4.04. The van der Waals surface area contributed by atoms with Gasteiger partial charge in [-0.1, -0.05) is 0 Å². The largest absolute Gasteiger partial charge is 0.493 e. The second kappa shape index (κ2) is 6.59. The van der Waals surface area contributed by atoms with E-state index in [2.05, 4.69) is 4.90 Å². The minimum absolute atomic E-state index is 0.116. The van der Waals surface area contributed by atoms with Gasteiger partial charge >= 0.3 is 0 Å². The molecule has 0 aliphatic heterocycles. The van der Waals surface area contributed by atoms with Crippen molar-refractivity contribution in [3.8, 4) is 5.75 Å².